The van der Waals surface area contributed by atoms with Gasteiger partial charge in [0, 0.05) is 23.2 Å². The molecule has 0 radical (unpaired) electrons. The molecule has 0 spiro atoms. The number of methoxy groups -OCH3 is 1. The zero-order valence-electron chi connectivity index (χ0n) is 15.0. The van der Waals surface area contributed by atoms with E-state index in [0.29, 0.717) is 0 Å². The maximum atomic E-state index is 9.38. The highest BCUT2D eigenvalue weighted by atomic mass is 16.5. The largest absolute Gasteiger partial charge is 0.497 e. The van der Waals surface area contributed by atoms with Gasteiger partial charge in [0.25, 0.3) is 0 Å². The summed E-state index contributed by atoms with van der Waals surface area (Å²) in [6.07, 6.45) is 9.33. The molecule has 1 aliphatic carbocycles. The number of hydrogen-bond donors (Lipinski definition) is 1. The number of ether oxygens (including phenoxy) is 1. The quantitative estimate of drug-likeness (QED) is 0.482. The van der Waals surface area contributed by atoms with Crippen molar-refractivity contribution in [3.63, 3.8) is 0 Å². The molecule has 1 fully saturated rings. The lowest BCUT2D eigenvalue weighted by Gasteiger charge is -2.43. The molecule has 25 heavy (non-hydrogen) atoms. The van der Waals surface area contributed by atoms with E-state index in [1.54, 1.807) is 13.3 Å². The van der Waals surface area contributed by atoms with E-state index in [0.717, 1.165) is 29.8 Å². The second kappa shape index (κ2) is 7.68. The predicted molar refractivity (Wildman–Crippen MR) is 99.8 cm³/mol. The van der Waals surface area contributed by atoms with Gasteiger partial charge in [0.15, 0.2) is 0 Å². The lowest BCUT2D eigenvalue weighted by molar-refractivity contribution is 0.269. The molecule has 0 amide bonds. The first-order chi connectivity index (χ1) is 12.2. The van der Waals surface area contributed by atoms with E-state index in [1.807, 2.05) is 31.3 Å². The van der Waals surface area contributed by atoms with Crippen LogP contribution >= 0.6 is 0 Å². The zero-order chi connectivity index (χ0) is 17.7. The van der Waals surface area contributed by atoms with E-state index in [-0.39, 0.29) is 11.3 Å². The van der Waals surface area contributed by atoms with Gasteiger partial charge in [-0.3, -0.25) is 4.98 Å². The number of aryl methyl sites for hydroxylation is 1. The third-order valence-electron chi connectivity index (χ3n) is 5.50. The first-order valence-electron chi connectivity index (χ1n) is 8.94. The fraction of sp³-hybridized carbons (Fsp3) is 0.429. The summed E-state index contributed by atoms with van der Waals surface area (Å²) in [5.74, 6) is 0.884. The van der Waals surface area contributed by atoms with E-state index in [1.165, 1.54) is 24.8 Å². The van der Waals surface area contributed by atoms with Gasteiger partial charge in [0.2, 0.25) is 0 Å². The molecule has 3 rings (SSSR count). The number of pyridine rings is 1. The Kier molecular flexibility index (Phi) is 5.37. The van der Waals surface area contributed by atoms with Crippen LogP contribution in [0.5, 0.6) is 5.75 Å². The standard InChI is InChI=1S/C21H26N2O2/c1-16-14-17(10-13-22-16)20(15-23-24)21(11-4-3-5-12-21)18-6-8-19(25-2)9-7-18/h6-10,13-15,20,24H,3-5,11-12H2,1-2H3/b23-15+. The van der Waals surface area contributed by atoms with E-state index in [9.17, 15) is 5.21 Å². The zero-order valence-corrected chi connectivity index (χ0v) is 15.0. The number of benzene rings is 1. The average molecular weight is 338 g/mol. The summed E-state index contributed by atoms with van der Waals surface area (Å²) >= 11 is 0. The second-order valence-corrected chi connectivity index (χ2v) is 6.92. The summed E-state index contributed by atoms with van der Waals surface area (Å²) in [5.41, 5.74) is 3.36. The molecule has 0 bridgehead atoms. The highest BCUT2D eigenvalue weighted by molar-refractivity contribution is 5.71. The van der Waals surface area contributed by atoms with Crippen molar-refractivity contribution in [3.05, 3.63) is 59.4 Å². The van der Waals surface area contributed by atoms with E-state index < -0.39 is 0 Å². The molecule has 1 atom stereocenters. The Morgan fingerprint density at radius 1 is 1.16 bits per heavy atom. The van der Waals surface area contributed by atoms with Gasteiger partial charge in [0.1, 0.15) is 5.75 Å². The van der Waals surface area contributed by atoms with Crippen LogP contribution in [0.2, 0.25) is 0 Å². The van der Waals surface area contributed by atoms with Gasteiger partial charge in [0.05, 0.1) is 13.3 Å². The topological polar surface area (TPSA) is 54.7 Å². The molecule has 0 aliphatic heterocycles. The number of nitrogens with zero attached hydrogens (tertiary/aromatic N) is 2. The van der Waals surface area contributed by atoms with Crippen LogP contribution < -0.4 is 4.74 Å². The smallest absolute Gasteiger partial charge is 0.118 e. The first kappa shape index (κ1) is 17.5. The van der Waals surface area contributed by atoms with Crippen LogP contribution in [0, 0.1) is 6.92 Å². The Morgan fingerprint density at radius 2 is 1.88 bits per heavy atom. The SMILES string of the molecule is COc1ccc(C2(C(/C=N/O)c3ccnc(C)c3)CCCCC2)cc1. The first-order valence-corrected chi connectivity index (χ1v) is 8.94. The van der Waals surface area contributed by atoms with Crippen molar-refractivity contribution in [2.24, 2.45) is 5.16 Å². The van der Waals surface area contributed by atoms with Crippen molar-refractivity contribution in [1.82, 2.24) is 4.98 Å². The van der Waals surface area contributed by atoms with Crippen molar-refractivity contribution >= 4 is 6.21 Å². The maximum Gasteiger partial charge on any atom is 0.118 e. The minimum Gasteiger partial charge on any atom is -0.497 e. The molecular weight excluding hydrogens is 312 g/mol. The Labute approximate surface area is 149 Å². The van der Waals surface area contributed by atoms with Gasteiger partial charge in [-0.15, -0.1) is 5.16 Å². The monoisotopic (exact) mass is 338 g/mol. The summed E-state index contributed by atoms with van der Waals surface area (Å²) in [5, 5.41) is 12.8. The third-order valence-corrected chi connectivity index (χ3v) is 5.50. The molecule has 1 aromatic heterocycles. The highest BCUT2D eigenvalue weighted by Gasteiger charge is 2.41. The maximum absolute atomic E-state index is 9.38. The molecule has 1 aliphatic rings. The molecule has 4 nitrogen and oxygen atoms in total. The van der Waals surface area contributed by atoms with Crippen LogP contribution in [-0.4, -0.2) is 23.5 Å². The Hall–Kier alpha value is -2.36. The highest BCUT2D eigenvalue weighted by Crippen LogP contribution is 2.49. The summed E-state index contributed by atoms with van der Waals surface area (Å²) in [6.45, 7) is 2.00. The number of oxime groups is 1. The molecule has 2 aromatic rings. The van der Waals surface area contributed by atoms with Gasteiger partial charge in [-0.2, -0.15) is 0 Å². The fourth-order valence-electron chi connectivity index (χ4n) is 4.26. The average Bonchev–Trinajstić information content (AvgIpc) is 2.66. The molecule has 1 N–H and O–H groups in total. The number of rotatable bonds is 5. The molecule has 132 valence electrons. The van der Waals surface area contributed by atoms with Crippen molar-refractivity contribution in [2.75, 3.05) is 7.11 Å². The van der Waals surface area contributed by atoms with Gasteiger partial charge in [-0.25, -0.2) is 0 Å². The van der Waals surface area contributed by atoms with Crippen LogP contribution in [0.1, 0.15) is 54.8 Å². The van der Waals surface area contributed by atoms with Crippen molar-refractivity contribution < 1.29 is 9.94 Å². The molecule has 1 aromatic carbocycles. The summed E-state index contributed by atoms with van der Waals surface area (Å²) in [4.78, 5) is 4.32. The van der Waals surface area contributed by atoms with E-state index >= 15 is 0 Å². The summed E-state index contributed by atoms with van der Waals surface area (Å²) in [7, 11) is 1.69. The molecule has 1 saturated carbocycles. The lowest BCUT2D eigenvalue weighted by Crippen LogP contribution is -2.37. The minimum atomic E-state index is -0.0649. The fourth-order valence-corrected chi connectivity index (χ4v) is 4.26. The summed E-state index contributed by atoms with van der Waals surface area (Å²) < 4.78 is 5.32. The normalized spacial score (nSPS) is 18.2. The number of aromatic nitrogens is 1. The molecule has 0 saturated heterocycles. The van der Waals surface area contributed by atoms with Crippen LogP contribution in [-0.2, 0) is 5.41 Å². The van der Waals surface area contributed by atoms with Crippen LogP contribution in [0.15, 0.2) is 47.8 Å². The third kappa shape index (κ3) is 3.53. The predicted octanol–water partition coefficient (Wildman–Crippen LogP) is 4.84. The van der Waals surface area contributed by atoms with Gasteiger partial charge < -0.3 is 9.94 Å². The Morgan fingerprint density at radius 3 is 2.48 bits per heavy atom. The van der Waals surface area contributed by atoms with Crippen LogP contribution in [0.3, 0.4) is 0 Å². The minimum absolute atomic E-state index is 0.0212. The Balaban J connectivity index is 2.10. The van der Waals surface area contributed by atoms with Crippen molar-refractivity contribution in [2.45, 2.75) is 50.4 Å². The van der Waals surface area contributed by atoms with Gasteiger partial charge in [-0.1, -0.05) is 31.4 Å². The van der Waals surface area contributed by atoms with Crippen LogP contribution in [0.25, 0.3) is 0 Å². The van der Waals surface area contributed by atoms with Crippen molar-refractivity contribution in [3.8, 4) is 5.75 Å². The molecule has 1 heterocycles. The Bertz CT molecular complexity index is 719. The lowest BCUT2D eigenvalue weighted by atomic mass is 9.60. The van der Waals surface area contributed by atoms with E-state index in [2.05, 4.69) is 28.3 Å². The van der Waals surface area contributed by atoms with Gasteiger partial charge in [-0.05, 0) is 55.2 Å². The van der Waals surface area contributed by atoms with Crippen molar-refractivity contribution in [1.29, 1.82) is 0 Å². The van der Waals surface area contributed by atoms with E-state index in [4.69, 9.17) is 4.74 Å². The molecule has 4 heteroatoms. The molecule has 1 unspecified atom stereocenters. The molecular formula is C21H26N2O2. The second-order valence-electron chi connectivity index (χ2n) is 6.92. The van der Waals surface area contributed by atoms with Crippen LogP contribution in [0.4, 0.5) is 0 Å². The summed E-state index contributed by atoms with van der Waals surface area (Å²) in [6, 6.07) is 12.5. The van der Waals surface area contributed by atoms with Gasteiger partial charge >= 0.3 is 0 Å². The number of hydrogen-bond acceptors (Lipinski definition) is 4.